The van der Waals surface area contributed by atoms with Crippen LogP contribution in [-0.4, -0.2) is 70.1 Å². The number of hydrogen-bond acceptors (Lipinski definition) is 6. The molecule has 0 radical (unpaired) electrons. The van der Waals surface area contributed by atoms with Crippen LogP contribution in [0.25, 0.3) is 0 Å². The molecule has 1 amide bonds. The molecule has 1 aromatic carbocycles. The summed E-state index contributed by atoms with van der Waals surface area (Å²) in [5.74, 6) is 2.73. The third-order valence-electron chi connectivity index (χ3n) is 4.66. The predicted molar refractivity (Wildman–Crippen MR) is 131 cm³/mol. The number of carbonyl (C=O) groups excluding carboxylic acids is 1. The maximum Gasteiger partial charge on any atom is 0.407 e. The Morgan fingerprint density at radius 1 is 1.16 bits per heavy atom. The second-order valence-corrected chi connectivity index (χ2v) is 7.99. The number of nitrogens with one attached hydrogen (secondary N) is 2. The van der Waals surface area contributed by atoms with Crippen LogP contribution < -0.4 is 24.8 Å². The molecule has 10 heteroatoms. The van der Waals surface area contributed by atoms with E-state index in [2.05, 4.69) is 20.5 Å². The highest BCUT2D eigenvalue weighted by atomic mass is 127. The van der Waals surface area contributed by atoms with Crippen LogP contribution in [0.4, 0.5) is 4.79 Å². The summed E-state index contributed by atoms with van der Waals surface area (Å²) in [5.41, 5.74) is 0.348. The second-order valence-electron chi connectivity index (χ2n) is 7.99. The number of carbonyl (C=O) groups is 1. The monoisotopic (exact) mass is 550 g/mol. The molecule has 2 N–H and O–H groups in total. The van der Waals surface area contributed by atoms with Gasteiger partial charge in [0.15, 0.2) is 5.96 Å². The summed E-state index contributed by atoms with van der Waals surface area (Å²) in [4.78, 5) is 18.5. The van der Waals surface area contributed by atoms with Crippen molar-refractivity contribution in [2.75, 3.05) is 41.5 Å². The second kappa shape index (κ2) is 12.1. The number of benzene rings is 1. The number of guanidine groups is 1. The number of ether oxygens (including phenoxy) is 4. The first-order valence-corrected chi connectivity index (χ1v) is 9.94. The number of rotatable bonds is 6. The topological polar surface area (TPSA) is 93.7 Å². The van der Waals surface area contributed by atoms with E-state index in [-0.39, 0.29) is 30.0 Å². The minimum atomic E-state index is -0.517. The van der Waals surface area contributed by atoms with Gasteiger partial charge in [-0.05, 0) is 27.2 Å². The van der Waals surface area contributed by atoms with Gasteiger partial charge in [-0.15, -0.1) is 24.0 Å². The highest BCUT2D eigenvalue weighted by Crippen LogP contribution is 2.33. The lowest BCUT2D eigenvalue weighted by Gasteiger charge is -2.24. The quantitative estimate of drug-likeness (QED) is 0.320. The normalized spacial score (nSPS) is 16.3. The Kier molecular flexibility index (Phi) is 10.5. The molecule has 1 fully saturated rings. The summed E-state index contributed by atoms with van der Waals surface area (Å²) in [6.07, 6.45) is 0.416. The summed E-state index contributed by atoms with van der Waals surface area (Å²) >= 11 is 0. The van der Waals surface area contributed by atoms with Crippen LogP contribution in [0.5, 0.6) is 17.2 Å². The minimum Gasteiger partial charge on any atom is -0.496 e. The SMILES string of the molecule is CN=C(NCc1c(OC)cc(OC)cc1OC)N1CCC(NC(=O)OC(C)(C)C)C1.I. The summed E-state index contributed by atoms with van der Waals surface area (Å²) < 4.78 is 21.7. The molecule has 1 heterocycles. The Hall–Kier alpha value is -2.11. The minimum absolute atomic E-state index is 0. The largest absolute Gasteiger partial charge is 0.496 e. The predicted octanol–water partition coefficient (Wildman–Crippen LogP) is 3.00. The average Bonchev–Trinajstić information content (AvgIpc) is 3.14. The van der Waals surface area contributed by atoms with Crippen molar-refractivity contribution in [2.45, 2.75) is 45.4 Å². The molecule has 1 aliphatic rings. The van der Waals surface area contributed by atoms with Gasteiger partial charge in [-0.3, -0.25) is 4.99 Å². The van der Waals surface area contributed by atoms with Gasteiger partial charge >= 0.3 is 6.09 Å². The van der Waals surface area contributed by atoms with E-state index in [1.165, 1.54) is 0 Å². The lowest BCUT2D eigenvalue weighted by atomic mass is 10.1. The van der Waals surface area contributed by atoms with Crippen LogP contribution in [0.2, 0.25) is 0 Å². The number of halogens is 1. The first-order valence-electron chi connectivity index (χ1n) is 9.94. The van der Waals surface area contributed by atoms with Gasteiger partial charge in [0.1, 0.15) is 22.8 Å². The van der Waals surface area contributed by atoms with Crippen LogP contribution in [0.15, 0.2) is 17.1 Å². The number of alkyl carbamates (subject to hydrolysis) is 1. The number of amides is 1. The van der Waals surface area contributed by atoms with Gasteiger partial charge in [-0.2, -0.15) is 0 Å². The molecular formula is C21H35IN4O5. The molecule has 9 nitrogen and oxygen atoms in total. The Bertz CT molecular complexity index is 742. The van der Waals surface area contributed by atoms with Crippen molar-refractivity contribution in [1.82, 2.24) is 15.5 Å². The molecule has 0 aliphatic carbocycles. The summed E-state index contributed by atoms with van der Waals surface area (Å²) in [6.45, 7) is 7.43. The molecule has 0 spiro atoms. The standard InChI is InChI=1S/C21H34N4O5.HI/c1-21(2,3)30-20(26)24-14-8-9-25(13-14)19(22-4)23-12-16-17(28-6)10-15(27-5)11-18(16)29-7;/h10-11,14H,8-9,12-13H2,1-7H3,(H,22,23)(H,24,26);1H. The van der Waals surface area contributed by atoms with E-state index in [9.17, 15) is 4.79 Å². The molecule has 31 heavy (non-hydrogen) atoms. The van der Waals surface area contributed by atoms with Crippen molar-refractivity contribution in [2.24, 2.45) is 4.99 Å². The molecule has 0 bridgehead atoms. The van der Waals surface area contributed by atoms with E-state index in [1.54, 1.807) is 28.4 Å². The zero-order valence-corrected chi connectivity index (χ0v) is 21.7. The number of methoxy groups -OCH3 is 3. The van der Waals surface area contributed by atoms with Gasteiger partial charge in [0, 0.05) is 32.3 Å². The van der Waals surface area contributed by atoms with E-state index >= 15 is 0 Å². The third-order valence-corrected chi connectivity index (χ3v) is 4.66. The molecule has 2 rings (SSSR count). The number of aliphatic imine (C=N–C) groups is 1. The highest BCUT2D eigenvalue weighted by molar-refractivity contribution is 14.0. The molecule has 0 aromatic heterocycles. The van der Waals surface area contributed by atoms with E-state index < -0.39 is 11.7 Å². The van der Waals surface area contributed by atoms with Gasteiger partial charge in [-0.1, -0.05) is 0 Å². The lowest BCUT2D eigenvalue weighted by molar-refractivity contribution is 0.0507. The van der Waals surface area contributed by atoms with Crippen LogP contribution in [0.3, 0.4) is 0 Å². The van der Waals surface area contributed by atoms with Gasteiger partial charge in [0.05, 0.1) is 39.5 Å². The number of likely N-dealkylation sites (tertiary alicyclic amines) is 1. The van der Waals surface area contributed by atoms with Crippen LogP contribution in [-0.2, 0) is 11.3 Å². The highest BCUT2D eigenvalue weighted by Gasteiger charge is 2.28. The van der Waals surface area contributed by atoms with Gasteiger partial charge in [-0.25, -0.2) is 4.79 Å². The fraction of sp³-hybridized carbons (Fsp3) is 0.619. The smallest absolute Gasteiger partial charge is 0.407 e. The Morgan fingerprint density at radius 2 is 1.77 bits per heavy atom. The number of hydrogen-bond donors (Lipinski definition) is 2. The maximum atomic E-state index is 12.0. The fourth-order valence-corrected chi connectivity index (χ4v) is 3.30. The van der Waals surface area contributed by atoms with Crippen molar-refractivity contribution in [1.29, 1.82) is 0 Å². The van der Waals surface area contributed by atoms with Crippen LogP contribution in [0.1, 0.15) is 32.8 Å². The van der Waals surface area contributed by atoms with Crippen molar-refractivity contribution in [3.8, 4) is 17.2 Å². The van der Waals surface area contributed by atoms with Crippen molar-refractivity contribution in [3.63, 3.8) is 0 Å². The molecule has 1 aliphatic heterocycles. The van der Waals surface area contributed by atoms with Gasteiger partial charge in [0.25, 0.3) is 0 Å². The Labute approximate surface area is 201 Å². The summed E-state index contributed by atoms with van der Waals surface area (Å²) in [7, 11) is 6.56. The average molecular weight is 550 g/mol. The summed E-state index contributed by atoms with van der Waals surface area (Å²) in [6, 6.07) is 3.64. The molecule has 1 atom stereocenters. The van der Waals surface area contributed by atoms with Crippen LogP contribution >= 0.6 is 24.0 Å². The van der Waals surface area contributed by atoms with Crippen LogP contribution in [0, 0.1) is 0 Å². The maximum absolute atomic E-state index is 12.0. The first-order chi connectivity index (χ1) is 14.2. The van der Waals surface area contributed by atoms with Crippen molar-refractivity contribution in [3.05, 3.63) is 17.7 Å². The first kappa shape index (κ1) is 26.9. The van der Waals surface area contributed by atoms with Crippen molar-refractivity contribution >= 4 is 36.0 Å². The number of nitrogens with zero attached hydrogens (tertiary/aromatic N) is 2. The van der Waals surface area contributed by atoms with Gasteiger partial charge < -0.3 is 34.5 Å². The molecule has 1 aromatic rings. The van der Waals surface area contributed by atoms with E-state index in [0.717, 1.165) is 24.5 Å². The van der Waals surface area contributed by atoms with Crippen molar-refractivity contribution < 1.29 is 23.7 Å². The Morgan fingerprint density at radius 3 is 2.26 bits per heavy atom. The Balaban J connectivity index is 0.00000480. The zero-order valence-electron chi connectivity index (χ0n) is 19.4. The molecule has 1 unspecified atom stereocenters. The van der Waals surface area contributed by atoms with E-state index in [1.807, 2.05) is 32.9 Å². The molecular weight excluding hydrogens is 515 g/mol. The molecule has 1 saturated heterocycles. The lowest BCUT2D eigenvalue weighted by Crippen LogP contribution is -2.44. The molecule has 176 valence electrons. The third kappa shape index (κ3) is 7.82. The van der Waals surface area contributed by atoms with Gasteiger partial charge in [0.2, 0.25) is 0 Å². The van der Waals surface area contributed by atoms with E-state index in [4.69, 9.17) is 18.9 Å². The zero-order chi connectivity index (χ0) is 22.3. The fourth-order valence-electron chi connectivity index (χ4n) is 3.30. The van der Waals surface area contributed by atoms with E-state index in [0.29, 0.717) is 30.3 Å². The molecule has 0 saturated carbocycles. The summed E-state index contributed by atoms with van der Waals surface area (Å²) in [5, 5.41) is 6.29.